The Morgan fingerprint density at radius 2 is 0.818 bits per heavy atom. The van der Waals surface area contributed by atoms with Gasteiger partial charge in [-0.15, -0.1) is 0 Å². The van der Waals surface area contributed by atoms with Crippen molar-refractivity contribution in [2.24, 2.45) is 0 Å². The standard InChI is InChI=1S/C22H36/c1-3-5-7-9-11-13-15-17-19-21-22-20-18-16-14-12-10-8-6-4-2/h7,9,12-15,18-21H,3-6,8,10-11,16-17,22H2,1-2H3/b9-7+,14-12+,15-13+,20-18+,21-19+. The molecule has 0 aliphatic carbocycles. The van der Waals surface area contributed by atoms with Gasteiger partial charge in [0.05, 0.1) is 0 Å². The van der Waals surface area contributed by atoms with Crippen molar-refractivity contribution in [3.8, 4) is 0 Å². The molecule has 0 atom stereocenters. The van der Waals surface area contributed by atoms with E-state index >= 15 is 0 Å². The van der Waals surface area contributed by atoms with Gasteiger partial charge in [-0.2, -0.15) is 0 Å². The van der Waals surface area contributed by atoms with E-state index in [0.717, 1.165) is 25.7 Å². The summed E-state index contributed by atoms with van der Waals surface area (Å²) in [5.74, 6) is 0. The second-order valence-corrected chi connectivity index (χ2v) is 5.58. The second-order valence-electron chi connectivity index (χ2n) is 5.58. The molecule has 0 nitrogen and oxygen atoms in total. The lowest BCUT2D eigenvalue weighted by molar-refractivity contribution is 0.728. The van der Waals surface area contributed by atoms with E-state index < -0.39 is 0 Å². The molecule has 0 saturated carbocycles. The van der Waals surface area contributed by atoms with Crippen LogP contribution in [0.4, 0.5) is 0 Å². The van der Waals surface area contributed by atoms with Gasteiger partial charge in [0, 0.05) is 0 Å². The molecule has 0 heteroatoms. The Hall–Kier alpha value is -1.30. The summed E-state index contributed by atoms with van der Waals surface area (Å²) in [4.78, 5) is 0. The summed E-state index contributed by atoms with van der Waals surface area (Å²) < 4.78 is 0. The molecular formula is C22H36. The monoisotopic (exact) mass is 300 g/mol. The van der Waals surface area contributed by atoms with Gasteiger partial charge in [0.2, 0.25) is 0 Å². The first-order valence-corrected chi connectivity index (χ1v) is 9.16. The van der Waals surface area contributed by atoms with Crippen molar-refractivity contribution in [1.29, 1.82) is 0 Å². The Labute approximate surface area is 139 Å². The third kappa shape index (κ3) is 18.7. The van der Waals surface area contributed by atoms with E-state index in [-0.39, 0.29) is 0 Å². The van der Waals surface area contributed by atoms with E-state index in [1.807, 2.05) is 0 Å². The highest BCUT2D eigenvalue weighted by Gasteiger charge is 1.80. The highest BCUT2D eigenvalue weighted by molar-refractivity contribution is 5.00. The van der Waals surface area contributed by atoms with Crippen molar-refractivity contribution < 1.29 is 0 Å². The average Bonchev–Trinajstić information content (AvgIpc) is 2.54. The van der Waals surface area contributed by atoms with Crippen LogP contribution in [0.5, 0.6) is 0 Å². The fraction of sp³-hybridized carbons (Fsp3) is 0.545. The largest absolute Gasteiger partial charge is 0.0882 e. The van der Waals surface area contributed by atoms with Crippen molar-refractivity contribution in [2.45, 2.75) is 78.1 Å². The highest BCUT2D eigenvalue weighted by atomic mass is 13.9. The summed E-state index contributed by atoms with van der Waals surface area (Å²) in [6.07, 6.45) is 34.5. The van der Waals surface area contributed by atoms with Crippen LogP contribution < -0.4 is 0 Å². The zero-order valence-corrected chi connectivity index (χ0v) is 14.8. The van der Waals surface area contributed by atoms with Crippen molar-refractivity contribution >= 4 is 0 Å². The van der Waals surface area contributed by atoms with Crippen LogP contribution in [-0.2, 0) is 0 Å². The number of hydrogen-bond acceptors (Lipinski definition) is 0. The third-order valence-corrected chi connectivity index (χ3v) is 3.35. The molecule has 124 valence electrons. The summed E-state index contributed by atoms with van der Waals surface area (Å²) in [5.41, 5.74) is 0. The molecule has 0 aliphatic heterocycles. The quantitative estimate of drug-likeness (QED) is 0.227. The molecule has 0 rings (SSSR count). The first-order chi connectivity index (χ1) is 10.9. The van der Waals surface area contributed by atoms with Crippen LogP contribution in [0.15, 0.2) is 60.8 Å². The fourth-order valence-electron chi connectivity index (χ4n) is 2.00. The second kappa shape index (κ2) is 19.7. The van der Waals surface area contributed by atoms with Gasteiger partial charge in [-0.25, -0.2) is 0 Å². The Bertz CT molecular complexity index is 339. The lowest BCUT2D eigenvalue weighted by Gasteiger charge is -1.90. The van der Waals surface area contributed by atoms with Crippen LogP contribution in [0, 0.1) is 0 Å². The lowest BCUT2D eigenvalue weighted by atomic mass is 10.2. The highest BCUT2D eigenvalue weighted by Crippen LogP contribution is 2.01. The molecule has 0 heterocycles. The van der Waals surface area contributed by atoms with Crippen LogP contribution in [-0.4, -0.2) is 0 Å². The Kier molecular flexibility index (Phi) is 18.5. The lowest BCUT2D eigenvalue weighted by Crippen LogP contribution is -1.70. The maximum atomic E-state index is 2.32. The number of allylic oxidation sites excluding steroid dienone is 10. The van der Waals surface area contributed by atoms with E-state index in [4.69, 9.17) is 0 Å². The van der Waals surface area contributed by atoms with Crippen LogP contribution in [0.25, 0.3) is 0 Å². The topological polar surface area (TPSA) is 0 Å². The first-order valence-electron chi connectivity index (χ1n) is 9.16. The van der Waals surface area contributed by atoms with E-state index in [9.17, 15) is 0 Å². The Morgan fingerprint density at radius 1 is 0.409 bits per heavy atom. The van der Waals surface area contributed by atoms with Crippen LogP contribution >= 0.6 is 0 Å². The number of hydrogen-bond donors (Lipinski definition) is 0. The average molecular weight is 301 g/mol. The van der Waals surface area contributed by atoms with E-state index in [1.54, 1.807) is 0 Å². The molecule has 0 aromatic rings. The third-order valence-electron chi connectivity index (χ3n) is 3.35. The number of unbranched alkanes of at least 4 members (excludes halogenated alkanes) is 4. The molecule has 0 bridgehead atoms. The summed E-state index contributed by atoms with van der Waals surface area (Å²) in [5, 5.41) is 0. The summed E-state index contributed by atoms with van der Waals surface area (Å²) in [6, 6.07) is 0. The van der Waals surface area contributed by atoms with Crippen LogP contribution in [0.1, 0.15) is 78.1 Å². The molecule has 0 aromatic heterocycles. The van der Waals surface area contributed by atoms with Crippen LogP contribution in [0.2, 0.25) is 0 Å². The van der Waals surface area contributed by atoms with Gasteiger partial charge in [0.1, 0.15) is 0 Å². The van der Waals surface area contributed by atoms with Gasteiger partial charge in [0.25, 0.3) is 0 Å². The fourth-order valence-corrected chi connectivity index (χ4v) is 2.00. The van der Waals surface area contributed by atoms with Gasteiger partial charge < -0.3 is 0 Å². The molecule has 0 aromatic carbocycles. The minimum absolute atomic E-state index is 1.05. The van der Waals surface area contributed by atoms with Crippen LogP contribution in [0.3, 0.4) is 0 Å². The van der Waals surface area contributed by atoms with E-state index in [2.05, 4.69) is 74.6 Å². The Balaban J connectivity index is 3.42. The molecule has 0 N–H and O–H groups in total. The van der Waals surface area contributed by atoms with Gasteiger partial charge in [-0.05, 0) is 44.9 Å². The molecule has 0 fully saturated rings. The minimum Gasteiger partial charge on any atom is -0.0882 e. The van der Waals surface area contributed by atoms with E-state index in [0.29, 0.717) is 0 Å². The zero-order valence-electron chi connectivity index (χ0n) is 14.8. The van der Waals surface area contributed by atoms with Crippen molar-refractivity contribution in [1.82, 2.24) is 0 Å². The molecule has 0 amide bonds. The summed E-state index contributed by atoms with van der Waals surface area (Å²) in [6.45, 7) is 4.46. The Morgan fingerprint density at radius 3 is 1.23 bits per heavy atom. The predicted octanol–water partition coefficient (Wildman–Crippen LogP) is 7.71. The first kappa shape index (κ1) is 20.7. The predicted molar refractivity (Wildman–Crippen MR) is 103 cm³/mol. The zero-order chi connectivity index (χ0) is 16.1. The summed E-state index contributed by atoms with van der Waals surface area (Å²) in [7, 11) is 0. The minimum atomic E-state index is 1.05. The summed E-state index contributed by atoms with van der Waals surface area (Å²) >= 11 is 0. The molecular weight excluding hydrogens is 264 g/mol. The molecule has 0 radical (unpaired) electrons. The van der Waals surface area contributed by atoms with Gasteiger partial charge >= 0.3 is 0 Å². The maximum Gasteiger partial charge on any atom is -0.0169 e. The molecule has 0 saturated heterocycles. The van der Waals surface area contributed by atoms with Crippen molar-refractivity contribution in [3.05, 3.63) is 60.8 Å². The van der Waals surface area contributed by atoms with Gasteiger partial charge in [-0.1, -0.05) is 93.9 Å². The van der Waals surface area contributed by atoms with Crippen molar-refractivity contribution in [3.63, 3.8) is 0 Å². The smallest absolute Gasteiger partial charge is 0.0169 e. The molecule has 22 heavy (non-hydrogen) atoms. The SMILES string of the molecule is CCC/C=C/C/C=C/C/C=C/C/C=C/C/C=C/CCCCC. The van der Waals surface area contributed by atoms with E-state index in [1.165, 1.54) is 38.5 Å². The molecule has 0 unspecified atom stereocenters. The molecule has 0 spiro atoms. The van der Waals surface area contributed by atoms with Gasteiger partial charge in [-0.3, -0.25) is 0 Å². The van der Waals surface area contributed by atoms with Gasteiger partial charge in [0.15, 0.2) is 0 Å². The van der Waals surface area contributed by atoms with Crippen molar-refractivity contribution in [2.75, 3.05) is 0 Å². The number of rotatable bonds is 14. The maximum absolute atomic E-state index is 2.32. The molecule has 0 aliphatic rings. The normalized spacial score (nSPS) is 13.0.